The lowest BCUT2D eigenvalue weighted by atomic mass is 10.0. The summed E-state index contributed by atoms with van der Waals surface area (Å²) in [7, 11) is 3.94. The van der Waals surface area contributed by atoms with E-state index in [0.29, 0.717) is 16.5 Å². The normalized spacial score (nSPS) is 12.2. The lowest BCUT2D eigenvalue weighted by Gasteiger charge is -2.17. The van der Waals surface area contributed by atoms with Crippen molar-refractivity contribution in [3.63, 3.8) is 0 Å². The van der Waals surface area contributed by atoms with E-state index < -0.39 is 6.10 Å². The van der Waals surface area contributed by atoms with Crippen LogP contribution in [-0.2, 0) is 6.42 Å². The molecule has 4 heteroatoms. The Kier molecular flexibility index (Phi) is 4.92. The second-order valence-corrected chi connectivity index (χ2v) is 5.79. The molecule has 0 radical (unpaired) electrons. The van der Waals surface area contributed by atoms with E-state index in [4.69, 9.17) is 23.2 Å². The van der Waals surface area contributed by atoms with Crippen LogP contribution in [0.1, 0.15) is 17.2 Å². The maximum Gasteiger partial charge on any atom is 0.0831 e. The van der Waals surface area contributed by atoms with Gasteiger partial charge >= 0.3 is 0 Å². The predicted octanol–water partition coefficient (Wildman–Crippen LogP) is 4.34. The molecule has 0 bridgehead atoms. The summed E-state index contributed by atoms with van der Waals surface area (Å²) in [6.45, 7) is 0. The van der Waals surface area contributed by atoms with Gasteiger partial charge in [-0.05, 0) is 41.5 Å². The monoisotopic (exact) mass is 309 g/mol. The zero-order chi connectivity index (χ0) is 14.7. The van der Waals surface area contributed by atoms with Gasteiger partial charge in [0, 0.05) is 36.2 Å². The van der Waals surface area contributed by atoms with Gasteiger partial charge in [0.15, 0.2) is 0 Å². The van der Waals surface area contributed by atoms with E-state index in [1.165, 1.54) is 0 Å². The Morgan fingerprint density at radius 3 is 2.55 bits per heavy atom. The van der Waals surface area contributed by atoms with Crippen molar-refractivity contribution in [2.45, 2.75) is 12.5 Å². The average Bonchev–Trinajstić information content (AvgIpc) is 2.43. The number of hydrogen-bond donors (Lipinski definition) is 1. The predicted molar refractivity (Wildman–Crippen MR) is 85.9 cm³/mol. The van der Waals surface area contributed by atoms with Crippen LogP contribution < -0.4 is 4.90 Å². The molecule has 0 heterocycles. The van der Waals surface area contributed by atoms with Gasteiger partial charge in [-0.25, -0.2) is 0 Å². The van der Waals surface area contributed by atoms with Crippen molar-refractivity contribution in [3.05, 3.63) is 63.6 Å². The molecule has 0 spiro atoms. The van der Waals surface area contributed by atoms with Gasteiger partial charge in [0.1, 0.15) is 0 Å². The molecule has 1 unspecified atom stereocenters. The smallest absolute Gasteiger partial charge is 0.0831 e. The van der Waals surface area contributed by atoms with Crippen molar-refractivity contribution in [3.8, 4) is 0 Å². The van der Waals surface area contributed by atoms with Crippen molar-refractivity contribution >= 4 is 28.9 Å². The van der Waals surface area contributed by atoms with Crippen LogP contribution in [0.4, 0.5) is 5.69 Å². The molecule has 0 aliphatic carbocycles. The lowest BCUT2D eigenvalue weighted by molar-refractivity contribution is 0.178. The molecule has 0 saturated carbocycles. The largest absolute Gasteiger partial charge is 0.388 e. The second kappa shape index (κ2) is 6.49. The highest BCUT2D eigenvalue weighted by molar-refractivity contribution is 6.33. The number of rotatable bonds is 4. The maximum atomic E-state index is 10.4. The van der Waals surface area contributed by atoms with E-state index in [2.05, 4.69) is 0 Å². The van der Waals surface area contributed by atoms with Gasteiger partial charge in [-0.1, -0.05) is 35.3 Å². The third kappa shape index (κ3) is 3.66. The fraction of sp³-hybridized carbons (Fsp3) is 0.250. The summed E-state index contributed by atoms with van der Waals surface area (Å²) in [5, 5.41) is 11.6. The van der Waals surface area contributed by atoms with Crippen LogP contribution in [0.15, 0.2) is 42.5 Å². The summed E-state index contributed by atoms with van der Waals surface area (Å²) in [5.41, 5.74) is 2.77. The fourth-order valence-electron chi connectivity index (χ4n) is 2.04. The lowest BCUT2D eigenvalue weighted by Crippen LogP contribution is -2.10. The summed E-state index contributed by atoms with van der Waals surface area (Å²) in [6.07, 6.45) is -0.165. The summed E-state index contributed by atoms with van der Waals surface area (Å²) in [6, 6.07) is 13.1. The molecule has 1 N–H and O–H groups in total. The van der Waals surface area contributed by atoms with E-state index >= 15 is 0 Å². The first-order valence-corrected chi connectivity index (χ1v) is 7.12. The molecule has 0 saturated heterocycles. The van der Waals surface area contributed by atoms with Crippen LogP contribution >= 0.6 is 23.2 Å². The highest BCUT2D eigenvalue weighted by Crippen LogP contribution is 2.27. The minimum atomic E-state index is -0.606. The number of anilines is 1. The van der Waals surface area contributed by atoms with Crippen molar-refractivity contribution in [2.24, 2.45) is 0 Å². The summed E-state index contributed by atoms with van der Waals surface area (Å²) in [5.74, 6) is 0. The first kappa shape index (κ1) is 15.2. The summed E-state index contributed by atoms with van der Waals surface area (Å²) >= 11 is 12.1. The first-order chi connectivity index (χ1) is 9.47. The minimum Gasteiger partial charge on any atom is -0.388 e. The number of nitrogens with zero attached hydrogens (tertiary/aromatic N) is 1. The Balaban J connectivity index is 2.21. The van der Waals surface area contributed by atoms with E-state index in [1.807, 2.05) is 43.3 Å². The third-order valence-electron chi connectivity index (χ3n) is 3.19. The number of benzene rings is 2. The molecular formula is C16H17Cl2NO. The molecule has 20 heavy (non-hydrogen) atoms. The van der Waals surface area contributed by atoms with E-state index in [0.717, 1.165) is 16.8 Å². The van der Waals surface area contributed by atoms with Crippen LogP contribution in [0.2, 0.25) is 10.0 Å². The highest BCUT2D eigenvalue weighted by atomic mass is 35.5. The number of aliphatic hydroxyl groups excluding tert-OH is 1. The van der Waals surface area contributed by atoms with Gasteiger partial charge in [-0.3, -0.25) is 0 Å². The first-order valence-electron chi connectivity index (χ1n) is 6.36. The minimum absolute atomic E-state index is 0.441. The van der Waals surface area contributed by atoms with E-state index in [-0.39, 0.29) is 0 Å². The molecule has 0 amide bonds. The standard InChI is InChI=1S/C16H17Cl2NO/c1-19(2)14-5-3-4-11(9-14)16(20)10-12-8-13(17)6-7-15(12)18/h3-9,16,20H,10H2,1-2H3. The molecule has 1 atom stereocenters. The van der Waals surface area contributed by atoms with Crippen LogP contribution in [0.5, 0.6) is 0 Å². The van der Waals surface area contributed by atoms with Gasteiger partial charge in [0.05, 0.1) is 6.10 Å². The Bertz CT molecular complexity index is 599. The van der Waals surface area contributed by atoms with Gasteiger partial charge in [0.25, 0.3) is 0 Å². The molecule has 2 aromatic rings. The Morgan fingerprint density at radius 1 is 1.10 bits per heavy atom. The molecule has 2 nitrogen and oxygen atoms in total. The van der Waals surface area contributed by atoms with E-state index in [1.54, 1.807) is 18.2 Å². The van der Waals surface area contributed by atoms with Gasteiger partial charge in [0.2, 0.25) is 0 Å². The molecule has 0 aliphatic heterocycles. The topological polar surface area (TPSA) is 23.5 Å². The van der Waals surface area contributed by atoms with Crippen LogP contribution in [-0.4, -0.2) is 19.2 Å². The molecule has 2 aromatic carbocycles. The van der Waals surface area contributed by atoms with E-state index in [9.17, 15) is 5.11 Å². The van der Waals surface area contributed by atoms with Crippen molar-refractivity contribution < 1.29 is 5.11 Å². The molecule has 2 rings (SSSR count). The Morgan fingerprint density at radius 2 is 1.85 bits per heavy atom. The number of hydrogen-bond acceptors (Lipinski definition) is 2. The summed E-state index contributed by atoms with van der Waals surface area (Å²) < 4.78 is 0. The van der Waals surface area contributed by atoms with Crippen LogP contribution in [0.3, 0.4) is 0 Å². The quantitative estimate of drug-likeness (QED) is 0.908. The second-order valence-electron chi connectivity index (χ2n) is 4.95. The zero-order valence-corrected chi connectivity index (χ0v) is 13.0. The number of aliphatic hydroxyl groups is 1. The maximum absolute atomic E-state index is 10.4. The van der Waals surface area contributed by atoms with Crippen molar-refractivity contribution in [1.82, 2.24) is 0 Å². The third-order valence-corrected chi connectivity index (χ3v) is 3.80. The van der Waals surface area contributed by atoms with Gasteiger partial charge in [-0.15, -0.1) is 0 Å². The van der Waals surface area contributed by atoms with Crippen LogP contribution in [0, 0.1) is 0 Å². The van der Waals surface area contributed by atoms with Crippen molar-refractivity contribution in [2.75, 3.05) is 19.0 Å². The average molecular weight is 310 g/mol. The fourth-order valence-corrected chi connectivity index (χ4v) is 2.43. The van der Waals surface area contributed by atoms with Gasteiger partial charge in [-0.2, -0.15) is 0 Å². The molecule has 0 aliphatic rings. The SMILES string of the molecule is CN(C)c1cccc(C(O)Cc2cc(Cl)ccc2Cl)c1. The summed E-state index contributed by atoms with van der Waals surface area (Å²) in [4.78, 5) is 2.00. The molecule has 0 fully saturated rings. The molecule has 106 valence electrons. The highest BCUT2D eigenvalue weighted by Gasteiger charge is 2.12. The Labute approximate surface area is 129 Å². The van der Waals surface area contributed by atoms with Crippen LogP contribution in [0.25, 0.3) is 0 Å². The van der Waals surface area contributed by atoms with Crippen molar-refractivity contribution in [1.29, 1.82) is 0 Å². The van der Waals surface area contributed by atoms with Gasteiger partial charge < -0.3 is 10.0 Å². The number of halogens is 2. The zero-order valence-electron chi connectivity index (χ0n) is 11.5. The molecule has 0 aromatic heterocycles. The Hall–Kier alpha value is -1.22. The molecular weight excluding hydrogens is 293 g/mol.